The summed E-state index contributed by atoms with van der Waals surface area (Å²) in [6.45, 7) is 1.16. The third-order valence-corrected chi connectivity index (χ3v) is 6.44. The summed E-state index contributed by atoms with van der Waals surface area (Å²) in [5, 5.41) is 6.37. The molecule has 0 spiro atoms. The third kappa shape index (κ3) is 3.63. The van der Waals surface area contributed by atoms with Gasteiger partial charge in [-0.05, 0) is 48.6 Å². The van der Waals surface area contributed by atoms with Crippen LogP contribution in [0.25, 0.3) is 0 Å². The van der Waals surface area contributed by atoms with E-state index in [4.69, 9.17) is 0 Å². The van der Waals surface area contributed by atoms with Gasteiger partial charge in [-0.1, -0.05) is 6.42 Å². The molecular formula is C16H18N2O3S2. The van der Waals surface area contributed by atoms with Crippen LogP contribution in [-0.2, 0) is 10.0 Å². The van der Waals surface area contributed by atoms with Gasteiger partial charge in [-0.25, -0.2) is 8.42 Å². The average molecular weight is 350 g/mol. The first kappa shape index (κ1) is 16.2. The molecule has 3 rings (SSSR count). The molecule has 23 heavy (non-hydrogen) atoms. The second-order valence-corrected chi connectivity index (χ2v) is 8.17. The van der Waals surface area contributed by atoms with E-state index in [-0.39, 0.29) is 10.8 Å². The zero-order valence-corrected chi connectivity index (χ0v) is 14.2. The Morgan fingerprint density at radius 3 is 2.35 bits per heavy atom. The molecule has 1 amide bonds. The van der Waals surface area contributed by atoms with Gasteiger partial charge in [-0.2, -0.15) is 15.6 Å². The number of rotatable bonds is 4. The lowest BCUT2D eigenvalue weighted by Crippen LogP contribution is -2.35. The summed E-state index contributed by atoms with van der Waals surface area (Å²) < 4.78 is 26.6. The maximum absolute atomic E-state index is 12.5. The van der Waals surface area contributed by atoms with E-state index in [0.29, 0.717) is 24.3 Å². The maximum atomic E-state index is 12.5. The number of nitrogens with zero attached hydrogens (tertiary/aromatic N) is 1. The quantitative estimate of drug-likeness (QED) is 0.921. The molecule has 2 aromatic rings. The van der Waals surface area contributed by atoms with Gasteiger partial charge in [0, 0.05) is 24.2 Å². The van der Waals surface area contributed by atoms with E-state index in [1.54, 1.807) is 35.7 Å². The lowest BCUT2D eigenvalue weighted by Gasteiger charge is -2.25. The van der Waals surface area contributed by atoms with Crippen LogP contribution < -0.4 is 5.32 Å². The van der Waals surface area contributed by atoms with Crippen molar-refractivity contribution in [2.24, 2.45) is 0 Å². The normalized spacial score (nSPS) is 16.2. The number of anilines is 1. The Kier molecular flexibility index (Phi) is 4.79. The first-order chi connectivity index (χ1) is 11.1. The standard InChI is InChI=1S/C16H18N2O3S2/c19-16(13-8-11-22-12-13)17-14-4-6-15(7-5-14)23(20,21)18-9-2-1-3-10-18/h4-8,11-12H,1-3,9-10H2,(H,17,19). The Bertz CT molecular complexity index is 762. The summed E-state index contributed by atoms with van der Waals surface area (Å²) in [6, 6.07) is 8.09. The van der Waals surface area contributed by atoms with Crippen molar-refractivity contribution in [3.05, 3.63) is 46.7 Å². The van der Waals surface area contributed by atoms with E-state index in [0.717, 1.165) is 19.3 Å². The van der Waals surface area contributed by atoms with Gasteiger partial charge in [-0.3, -0.25) is 4.79 Å². The minimum atomic E-state index is -3.43. The number of thiophene rings is 1. The van der Waals surface area contributed by atoms with Crippen molar-refractivity contribution in [1.29, 1.82) is 0 Å². The molecule has 1 saturated heterocycles. The van der Waals surface area contributed by atoms with Crippen molar-refractivity contribution in [2.45, 2.75) is 24.2 Å². The second-order valence-electron chi connectivity index (χ2n) is 5.46. The second kappa shape index (κ2) is 6.82. The lowest BCUT2D eigenvalue weighted by atomic mass is 10.2. The van der Waals surface area contributed by atoms with Gasteiger partial charge in [0.2, 0.25) is 10.0 Å². The van der Waals surface area contributed by atoms with Crippen LogP contribution >= 0.6 is 11.3 Å². The Labute approximate surface area is 140 Å². The number of hydrogen-bond acceptors (Lipinski definition) is 4. The molecule has 0 unspecified atom stereocenters. The van der Waals surface area contributed by atoms with Crippen molar-refractivity contribution >= 4 is 33.0 Å². The SMILES string of the molecule is O=C(Nc1ccc(S(=O)(=O)N2CCCCC2)cc1)c1ccsc1. The molecule has 0 aliphatic carbocycles. The van der Waals surface area contributed by atoms with Crippen LogP contribution in [0.4, 0.5) is 5.69 Å². The van der Waals surface area contributed by atoms with Crippen LogP contribution in [0.1, 0.15) is 29.6 Å². The van der Waals surface area contributed by atoms with Crippen LogP contribution in [0.2, 0.25) is 0 Å². The highest BCUT2D eigenvalue weighted by molar-refractivity contribution is 7.89. The molecule has 122 valence electrons. The van der Waals surface area contributed by atoms with E-state index < -0.39 is 10.0 Å². The number of nitrogens with one attached hydrogen (secondary N) is 1. The Morgan fingerprint density at radius 2 is 1.74 bits per heavy atom. The molecule has 1 aliphatic heterocycles. The molecule has 1 aromatic carbocycles. The minimum absolute atomic E-state index is 0.196. The molecule has 5 nitrogen and oxygen atoms in total. The fraction of sp³-hybridized carbons (Fsp3) is 0.312. The van der Waals surface area contributed by atoms with Crippen molar-refractivity contribution < 1.29 is 13.2 Å². The number of benzene rings is 1. The lowest BCUT2D eigenvalue weighted by molar-refractivity contribution is 0.102. The highest BCUT2D eigenvalue weighted by atomic mass is 32.2. The summed E-state index contributed by atoms with van der Waals surface area (Å²) in [5.74, 6) is -0.196. The molecule has 0 bridgehead atoms. The molecule has 0 saturated carbocycles. The molecule has 1 aromatic heterocycles. The third-order valence-electron chi connectivity index (χ3n) is 3.85. The van der Waals surface area contributed by atoms with Gasteiger partial charge in [0.05, 0.1) is 10.5 Å². The predicted molar refractivity (Wildman–Crippen MR) is 91.3 cm³/mol. The van der Waals surface area contributed by atoms with Crippen LogP contribution in [0.3, 0.4) is 0 Å². The van der Waals surface area contributed by atoms with E-state index >= 15 is 0 Å². The van der Waals surface area contributed by atoms with Crippen molar-refractivity contribution in [3.63, 3.8) is 0 Å². The van der Waals surface area contributed by atoms with Crippen molar-refractivity contribution in [3.8, 4) is 0 Å². The van der Waals surface area contributed by atoms with Crippen LogP contribution in [0.5, 0.6) is 0 Å². The highest BCUT2D eigenvalue weighted by Crippen LogP contribution is 2.22. The number of hydrogen-bond donors (Lipinski definition) is 1. The summed E-state index contributed by atoms with van der Waals surface area (Å²) in [7, 11) is -3.43. The first-order valence-electron chi connectivity index (χ1n) is 7.51. The highest BCUT2D eigenvalue weighted by Gasteiger charge is 2.25. The topological polar surface area (TPSA) is 66.5 Å². The Hall–Kier alpha value is -1.70. The number of sulfonamides is 1. The number of piperidine rings is 1. The van der Waals surface area contributed by atoms with Gasteiger partial charge in [0.15, 0.2) is 0 Å². The zero-order chi connectivity index (χ0) is 16.3. The molecular weight excluding hydrogens is 332 g/mol. The number of carbonyl (C=O) groups is 1. The predicted octanol–water partition coefficient (Wildman–Crippen LogP) is 3.18. The largest absolute Gasteiger partial charge is 0.322 e. The number of amides is 1. The maximum Gasteiger partial charge on any atom is 0.256 e. The van der Waals surface area contributed by atoms with Gasteiger partial charge in [0.25, 0.3) is 5.91 Å². The summed E-state index contributed by atoms with van der Waals surface area (Å²) in [4.78, 5) is 12.2. The molecule has 1 N–H and O–H groups in total. The molecule has 2 heterocycles. The van der Waals surface area contributed by atoms with E-state index in [1.807, 2.05) is 5.38 Å². The molecule has 1 aliphatic rings. The van der Waals surface area contributed by atoms with Gasteiger partial charge >= 0.3 is 0 Å². The Morgan fingerprint density at radius 1 is 1.04 bits per heavy atom. The molecule has 1 fully saturated rings. The van der Waals surface area contributed by atoms with Gasteiger partial charge < -0.3 is 5.32 Å². The van der Waals surface area contributed by atoms with E-state index in [1.165, 1.54) is 15.6 Å². The smallest absolute Gasteiger partial charge is 0.256 e. The van der Waals surface area contributed by atoms with E-state index in [9.17, 15) is 13.2 Å². The van der Waals surface area contributed by atoms with Crippen molar-refractivity contribution in [1.82, 2.24) is 4.31 Å². The van der Waals surface area contributed by atoms with Crippen molar-refractivity contribution in [2.75, 3.05) is 18.4 Å². The van der Waals surface area contributed by atoms with Gasteiger partial charge in [-0.15, -0.1) is 0 Å². The zero-order valence-electron chi connectivity index (χ0n) is 12.6. The Balaban J connectivity index is 1.72. The molecule has 0 atom stereocenters. The van der Waals surface area contributed by atoms with E-state index in [2.05, 4.69) is 5.32 Å². The fourth-order valence-corrected chi connectivity index (χ4v) is 4.71. The minimum Gasteiger partial charge on any atom is -0.322 e. The molecule has 0 radical (unpaired) electrons. The van der Waals surface area contributed by atoms with Crippen LogP contribution in [0.15, 0.2) is 46.0 Å². The van der Waals surface area contributed by atoms with Crippen LogP contribution in [0, 0.1) is 0 Å². The van der Waals surface area contributed by atoms with Gasteiger partial charge in [0.1, 0.15) is 0 Å². The monoisotopic (exact) mass is 350 g/mol. The fourth-order valence-electron chi connectivity index (χ4n) is 2.56. The molecule has 7 heteroatoms. The summed E-state index contributed by atoms with van der Waals surface area (Å²) >= 11 is 1.45. The summed E-state index contributed by atoms with van der Waals surface area (Å²) in [6.07, 6.45) is 2.90. The summed E-state index contributed by atoms with van der Waals surface area (Å²) in [5.41, 5.74) is 1.18. The first-order valence-corrected chi connectivity index (χ1v) is 9.89. The average Bonchev–Trinajstić information content (AvgIpc) is 3.11. The van der Waals surface area contributed by atoms with Crippen LogP contribution in [-0.4, -0.2) is 31.7 Å². The number of carbonyl (C=O) groups excluding carboxylic acids is 1.